The Balaban J connectivity index is 2.33. The van der Waals surface area contributed by atoms with Gasteiger partial charge in [-0.1, -0.05) is 0 Å². The maximum atomic E-state index is 13.1. The summed E-state index contributed by atoms with van der Waals surface area (Å²) in [6.07, 6.45) is -4.69. The molecule has 1 aromatic carbocycles. The zero-order chi connectivity index (χ0) is 14.9. The standard InChI is InChI=1S/C12H10F4N4/c1-6-4-7(2-3-8(6)13)18-10-5-9(17)19-11(20-10)12(14,15)16/h2-5H,1H3,(H3,17,18,19,20). The van der Waals surface area contributed by atoms with Crippen molar-refractivity contribution < 1.29 is 17.6 Å². The molecule has 106 valence electrons. The van der Waals surface area contributed by atoms with Crippen LogP contribution in [-0.4, -0.2) is 9.97 Å². The van der Waals surface area contributed by atoms with E-state index in [0.717, 1.165) is 6.07 Å². The van der Waals surface area contributed by atoms with E-state index >= 15 is 0 Å². The monoisotopic (exact) mass is 286 g/mol. The number of anilines is 3. The van der Waals surface area contributed by atoms with Gasteiger partial charge in [-0.25, -0.2) is 14.4 Å². The molecular weight excluding hydrogens is 276 g/mol. The molecule has 0 amide bonds. The van der Waals surface area contributed by atoms with Crippen LogP contribution in [0.5, 0.6) is 0 Å². The second-order valence-corrected chi connectivity index (χ2v) is 4.09. The largest absolute Gasteiger partial charge is 0.451 e. The zero-order valence-corrected chi connectivity index (χ0v) is 10.3. The van der Waals surface area contributed by atoms with E-state index in [4.69, 9.17) is 5.73 Å². The Morgan fingerprint density at radius 2 is 1.85 bits per heavy atom. The Hall–Kier alpha value is -2.38. The second-order valence-electron chi connectivity index (χ2n) is 4.09. The van der Waals surface area contributed by atoms with E-state index in [2.05, 4.69) is 15.3 Å². The molecule has 1 heterocycles. The first-order valence-electron chi connectivity index (χ1n) is 5.50. The van der Waals surface area contributed by atoms with E-state index in [1.165, 1.54) is 25.1 Å². The highest BCUT2D eigenvalue weighted by molar-refractivity contribution is 5.59. The average molecular weight is 286 g/mol. The molecule has 0 radical (unpaired) electrons. The van der Waals surface area contributed by atoms with Crippen molar-refractivity contribution in [2.45, 2.75) is 13.1 Å². The van der Waals surface area contributed by atoms with E-state index in [9.17, 15) is 17.6 Å². The summed E-state index contributed by atoms with van der Waals surface area (Å²) in [5.41, 5.74) is 6.07. The number of rotatable bonds is 2. The van der Waals surface area contributed by atoms with Crippen molar-refractivity contribution in [1.29, 1.82) is 0 Å². The van der Waals surface area contributed by atoms with Crippen molar-refractivity contribution in [3.05, 3.63) is 41.5 Å². The summed E-state index contributed by atoms with van der Waals surface area (Å²) in [5, 5.41) is 2.63. The number of nitrogen functional groups attached to an aromatic ring is 1. The van der Waals surface area contributed by atoms with Gasteiger partial charge in [-0.2, -0.15) is 13.2 Å². The highest BCUT2D eigenvalue weighted by atomic mass is 19.4. The van der Waals surface area contributed by atoms with Crippen LogP contribution in [0.4, 0.5) is 34.9 Å². The van der Waals surface area contributed by atoms with E-state index in [-0.39, 0.29) is 11.6 Å². The first-order valence-corrected chi connectivity index (χ1v) is 5.50. The maximum Gasteiger partial charge on any atom is 0.451 e. The van der Waals surface area contributed by atoms with E-state index in [0.29, 0.717) is 11.3 Å². The van der Waals surface area contributed by atoms with E-state index < -0.39 is 17.8 Å². The molecule has 0 aliphatic carbocycles. The molecular formula is C12H10F4N4. The van der Waals surface area contributed by atoms with Crippen LogP contribution in [0.2, 0.25) is 0 Å². The summed E-state index contributed by atoms with van der Waals surface area (Å²) < 4.78 is 50.7. The van der Waals surface area contributed by atoms with Gasteiger partial charge in [0, 0.05) is 11.8 Å². The predicted molar refractivity (Wildman–Crippen MR) is 65.9 cm³/mol. The van der Waals surface area contributed by atoms with Crippen molar-refractivity contribution in [3.63, 3.8) is 0 Å². The number of nitrogens with zero attached hydrogens (tertiary/aromatic N) is 2. The first kappa shape index (κ1) is 14.0. The first-order chi connectivity index (χ1) is 9.25. The molecule has 0 aliphatic heterocycles. The number of nitrogens with one attached hydrogen (secondary N) is 1. The molecule has 0 saturated carbocycles. The lowest BCUT2D eigenvalue weighted by Crippen LogP contribution is -2.13. The molecule has 20 heavy (non-hydrogen) atoms. The van der Waals surface area contributed by atoms with Gasteiger partial charge in [0.1, 0.15) is 17.5 Å². The molecule has 2 aromatic rings. The van der Waals surface area contributed by atoms with Crippen molar-refractivity contribution in [2.75, 3.05) is 11.1 Å². The fourth-order valence-electron chi connectivity index (χ4n) is 1.53. The number of nitrogens with two attached hydrogens (primary N) is 1. The molecule has 0 spiro atoms. The number of hydrogen-bond donors (Lipinski definition) is 2. The van der Waals surface area contributed by atoms with Gasteiger partial charge < -0.3 is 11.1 Å². The van der Waals surface area contributed by atoms with Crippen LogP contribution >= 0.6 is 0 Å². The van der Waals surface area contributed by atoms with Crippen molar-refractivity contribution in [1.82, 2.24) is 9.97 Å². The minimum Gasteiger partial charge on any atom is -0.384 e. The topological polar surface area (TPSA) is 63.8 Å². The van der Waals surface area contributed by atoms with Gasteiger partial charge in [0.2, 0.25) is 5.82 Å². The molecule has 4 nitrogen and oxygen atoms in total. The highest BCUT2D eigenvalue weighted by Crippen LogP contribution is 2.28. The molecule has 0 unspecified atom stereocenters. The van der Waals surface area contributed by atoms with E-state index in [1.54, 1.807) is 0 Å². The third-order valence-corrected chi connectivity index (χ3v) is 2.43. The van der Waals surface area contributed by atoms with Crippen LogP contribution in [-0.2, 0) is 6.18 Å². The highest BCUT2D eigenvalue weighted by Gasteiger charge is 2.35. The third-order valence-electron chi connectivity index (χ3n) is 2.43. The van der Waals surface area contributed by atoms with E-state index in [1.807, 2.05) is 0 Å². The molecule has 3 N–H and O–H groups in total. The summed E-state index contributed by atoms with van der Waals surface area (Å²) in [6.45, 7) is 1.54. The maximum absolute atomic E-state index is 13.1. The molecule has 0 aliphatic rings. The summed E-state index contributed by atoms with van der Waals surface area (Å²) in [7, 11) is 0. The van der Waals surface area contributed by atoms with Crippen molar-refractivity contribution in [3.8, 4) is 0 Å². The fourth-order valence-corrected chi connectivity index (χ4v) is 1.53. The Labute approximate surface area is 111 Å². The Kier molecular flexibility index (Phi) is 3.47. The van der Waals surface area contributed by atoms with Crippen molar-refractivity contribution >= 4 is 17.3 Å². The van der Waals surface area contributed by atoms with Gasteiger partial charge in [0.05, 0.1) is 0 Å². The number of alkyl halides is 3. The van der Waals surface area contributed by atoms with Gasteiger partial charge in [0.15, 0.2) is 0 Å². The van der Waals surface area contributed by atoms with Gasteiger partial charge >= 0.3 is 6.18 Å². The summed E-state index contributed by atoms with van der Waals surface area (Å²) in [4.78, 5) is 6.45. The van der Waals surface area contributed by atoms with Gasteiger partial charge in [-0.3, -0.25) is 0 Å². The number of halogens is 4. The molecule has 0 fully saturated rings. The summed E-state index contributed by atoms with van der Waals surface area (Å²) in [5.74, 6) is -2.17. The lowest BCUT2D eigenvalue weighted by molar-refractivity contribution is -0.144. The normalized spacial score (nSPS) is 11.4. The number of aryl methyl sites for hydroxylation is 1. The van der Waals surface area contributed by atoms with Crippen LogP contribution in [0.1, 0.15) is 11.4 Å². The average Bonchev–Trinajstić information content (AvgIpc) is 2.32. The number of hydrogen-bond acceptors (Lipinski definition) is 4. The van der Waals surface area contributed by atoms with Crippen LogP contribution < -0.4 is 11.1 Å². The number of aromatic nitrogens is 2. The lowest BCUT2D eigenvalue weighted by atomic mass is 10.2. The second kappa shape index (κ2) is 4.95. The van der Waals surface area contributed by atoms with Crippen LogP contribution in [0.15, 0.2) is 24.3 Å². The Morgan fingerprint density at radius 1 is 1.15 bits per heavy atom. The van der Waals surface area contributed by atoms with Crippen molar-refractivity contribution in [2.24, 2.45) is 0 Å². The summed E-state index contributed by atoms with van der Waals surface area (Å²) >= 11 is 0. The molecule has 2 rings (SSSR count). The van der Waals surface area contributed by atoms with Gasteiger partial charge in [-0.15, -0.1) is 0 Å². The molecule has 8 heteroatoms. The molecule has 0 atom stereocenters. The minimum absolute atomic E-state index is 0.115. The molecule has 0 saturated heterocycles. The quantitative estimate of drug-likeness (QED) is 0.832. The minimum atomic E-state index is -4.69. The summed E-state index contributed by atoms with van der Waals surface area (Å²) in [6, 6.07) is 5.19. The lowest BCUT2D eigenvalue weighted by Gasteiger charge is -2.10. The predicted octanol–water partition coefficient (Wildman–Crippen LogP) is 3.27. The SMILES string of the molecule is Cc1cc(Nc2cc(N)nc(C(F)(F)F)n2)ccc1F. The fraction of sp³-hybridized carbons (Fsp3) is 0.167. The third kappa shape index (κ3) is 3.14. The van der Waals surface area contributed by atoms with Crippen LogP contribution in [0.3, 0.4) is 0 Å². The molecule has 0 bridgehead atoms. The molecule has 1 aromatic heterocycles. The smallest absolute Gasteiger partial charge is 0.384 e. The van der Waals surface area contributed by atoms with Crippen LogP contribution in [0.25, 0.3) is 0 Å². The Morgan fingerprint density at radius 3 is 2.45 bits per heavy atom. The number of benzene rings is 1. The zero-order valence-electron chi connectivity index (χ0n) is 10.3. The van der Waals surface area contributed by atoms with Crippen LogP contribution in [0, 0.1) is 12.7 Å². The van der Waals surface area contributed by atoms with Gasteiger partial charge in [-0.05, 0) is 30.7 Å². The van der Waals surface area contributed by atoms with Gasteiger partial charge in [0.25, 0.3) is 0 Å². The Bertz CT molecular complexity index is 640.